The number of piperidine rings is 1. The maximum atomic E-state index is 12.1. The van der Waals surface area contributed by atoms with Gasteiger partial charge in [-0.05, 0) is 51.6 Å². The first-order valence-corrected chi connectivity index (χ1v) is 9.13. The minimum Gasteiger partial charge on any atom is -0.356 e. The number of hydrogen-bond donors (Lipinski definition) is 2. The second kappa shape index (κ2) is 8.30. The molecule has 1 fully saturated rings. The summed E-state index contributed by atoms with van der Waals surface area (Å²) in [7, 11) is 0. The van der Waals surface area contributed by atoms with Crippen molar-refractivity contribution in [2.24, 2.45) is 11.8 Å². The lowest BCUT2D eigenvalue weighted by molar-refractivity contribution is -0.123. The van der Waals surface area contributed by atoms with Crippen LogP contribution in [0.1, 0.15) is 32.4 Å². The Morgan fingerprint density at radius 2 is 2.12 bits per heavy atom. The summed E-state index contributed by atoms with van der Waals surface area (Å²) in [5, 5.41) is 10.7. The Morgan fingerprint density at radius 3 is 2.88 bits per heavy atom. The predicted molar refractivity (Wildman–Crippen MR) is 98.0 cm³/mol. The fraction of sp³-hybridized carbons (Fsp3) is 0.500. The molecule has 0 unspecified atom stereocenters. The fourth-order valence-corrected chi connectivity index (χ4v) is 3.52. The zero-order valence-electron chi connectivity index (χ0n) is 15.0. The van der Waals surface area contributed by atoms with Gasteiger partial charge >= 0.3 is 0 Å². The van der Waals surface area contributed by atoms with Crippen molar-refractivity contribution in [1.29, 1.82) is 0 Å². The van der Waals surface area contributed by atoms with Crippen molar-refractivity contribution in [2.75, 3.05) is 13.1 Å². The third-order valence-corrected chi connectivity index (χ3v) is 4.75. The van der Waals surface area contributed by atoms with Gasteiger partial charge in [-0.1, -0.05) is 35.5 Å². The van der Waals surface area contributed by atoms with Crippen molar-refractivity contribution in [1.82, 2.24) is 15.8 Å². The van der Waals surface area contributed by atoms with Crippen LogP contribution in [-0.2, 0) is 11.2 Å². The van der Waals surface area contributed by atoms with Crippen LogP contribution in [0.5, 0.6) is 0 Å². The molecule has 1 aromatic carbocycles. The number of carbonyl (C=O) groups excluding carboxylic acids is 1. The van der Waals surface area contributed by atoms with Crippen LogP contribution in [0.4, 0.5) is 0 Å². The largest absolute Gasteiger partial charge is 0.356 e. The molecule has 0 saturated carbocycles. The number of carbonyl (C=O) groups is 1. The van der Waals surface area contributed by atoms with E-state index in [0.29, 0.717) is 18.3 Å². The highest BCUT2D eigenvalue weighted by Gasteiger charge is 2.28. The lowest BCUT2D eigenvalue weighted by Gasteiger charge is -2.31. The van der Waals surface area contributed by atoms with Gasteiger partial charge in [0, 0.05) is 24.1 Å². The van der Waals surface area contributed by atoms with Crippen molar-refractivity contribution in [3.8, 4) is 11.3 Å². The molecule has 1 aliphatic rings. The van der Waals surface area contributed by atoms with E-state index in [9.17, 15) is 4.79 Å². The minimum atomic E-state index is 0.150. The molecule has 2 N–H and O–H groups in total. The molecule has 1 aliphatic heterocycles. The summed E-state index contributed by atoms with van der Waals surface area (Å²) in [6.45, 7) is 5.90. The van der Waals surface area contributed by atoms with Gasteiger partial charge in [-0.3, -0.25) is 4.79 Å². The maximum Gasteiger partial charge on any atom is 0.220 e. The topological polar surface area (TPSA) is 67.2 Å². The highest BCUT2D eigenvalue weighted by atomic mass is 16.5. The van der Waals surface area contributed by atoms with Gasteiger partial charge in [0.25, 0.3) is 0 Å². The highest BCUT2D eigenvalue weighted by molar-refractivity contribution is 5.76. The molecule has 1 amide bonds. The zero-order valence-corrected chi connectivity index (χ0v) is 15.0. The van der Waals surface area contributed by atoms with E-state index >= 15 is 0 Å². The highest BCUT2D eigenvalue weighted by Crippen LogP contribution is 2.28. The average Bonchev–Trinajstić information content (AvgIpc) is 3.05. The van der Waals surface area contributed by atoms with Gasteiger partial charge < -0.3 is 15.2 Å². The number of hydrogen-bond acceptors (Lipinski definition) is 4. The zero-order chi connectivity index (χ0) is 17.6. The van der Waals surface area contributed by atoms with Crippen LogP contribution in [-0.4, -0.2) is 30.2 Å². The third kappa shape index (κ3) is 4.92. The predicted octanol–water partition coefficient (Wildman–Crippen LogP) is 3.02. The van der Waals surface area contributed by atoms with Gasteiger partial charge in [0.05, 0.1) is 5.69 Å². The number of nitrogens with one attached hydrogen (secondary N) is 2. The molecule has 5 heteroatoms. The van der Waals surface area contributed by atoms with Crippen LogP contribution in [0, 0.1) is 11.8 Å². The number of nitrogens with zero attached hydrogens (tertiary/aromatic N) is 1. The summed E-state index contributed by atoms with van der Waals surface area (Å²) in [5.74, 6) is 1.74. The Kier molecular flexibility index (Phi) is 5.87. The first-order valence-electron chi connectivity index (χ1n) is 9.13. The lowest BCUT2D eigenvalue weighted by atomic mass is 9.81. The van der Waals surface area contributed by atoms with E-state index in [1.165, 1.54) is 0 Å². The maximum absolute atomic E-state index is 12.1. The second-order valence-electron chi connectivity index (χ2n) is 7.19. The van der Waals surface area contributed by atoms with Gasteiger partial charge in [-0.25, -0.2) is 0 Å². The second-order valence-corrected chi connectivity index (χ2v) is 7.19. The number of aromatic nitrogens is 1. The van der Waals surface area contributed by atoms with E-state index < -0.39 is 0 Å². The van der Waals surface area contributed by atoms with Crippen LogP contribution in [0.3, 0.4) is 0 Å². The summed E-state index contributed by atoms with van der Waals surface area (Å²) in [6.07, 6.45) is 2.45. The molecular weight excluding hydrogens is 314 g/mol. The van der Waals surface area contributed by atoms with Crippen molar-refractivity contribution >= 4 is 5.91 Å². The van der Waals surface area contributed by atoms with Gasteiger partial charge in [-0.2, -0.15) is 0 Å². The van der Waals surface area contributed by atoms with E-state index in [1.807, 2.05) is 50.2 Å². The van der Waals surface area contributed by atoms with Gasteiger partial charge in [0.1, 0.15) is 0 Å². The molecule has 0 radical (unpaired) electrons. The first kappa shape index (κ1) is 17.7. The van der Waals surface area contributed by atoms with E-state index in [0.717, 1.165) is 42.9 Å². The molecular formula is C20H27N3O2. The third-order valence-electron chi connectivity index (χ3n) is 4.75. The van der Waals surface area contributed by atoms with Gasteiger partial charge in [0.2, 0.25) is 5.91 Å². The Labute approximate surface area is 149 Å². The quantitative estimate of drug-likeness (QED) is 0.847. The summed E-state index contributed by atoms with van der Waals surface area (Å²) in [6, 6.07) is 12.2. The van der Waals surface area contributed by atoms with E-state index in [-0.39, 0.29) is 11.9 Å². The monoisotopic (exact) mass is 341 g/mol. The molecule has 2 atom stereocenters. The van der Waals surface area contributed by atoms with Gasteiger partial charge in [-0.15, -0.1) is 0 Å². The Bertz CT molecular complexity index is 681. The van der Waals surface area contributed by atoms with Crippen molar-refractivity contribution in [3.63, 3.8) is 0 Å². The Morgan fingerprint density at radius 1 is 1.32 bits per heavy atom. The molecule has 0 bridgehead atoms. The van der Waals surface area contributed by atoms with E-state index in [4.69, 9.17) is 4.52 Å². The summed E-state index contributed by atoms with van der Waals surface area (Å²) >= 11 is 0. The number of benzene rings is 1. The van der Waals surface area contributed by atoms with Crippen LogP contribution < -0.4 is 10.6 Å². The van der Waals surface area contributed by atoms with Crippen LogP contribution in [0.25, 0.3) is 11.3 Å². The van der Waals surface area contributed by atoms with E-state index in [2.05, 4.69) is 15.8 Å². The molecule has 5 nitrogen and oxygen atoms in total. The molecule has 0 spiro atoms. The molecule has 134 valence electrons. The van der Waals surface area contributed by atoms with Crippen molar-refractivity contribution in [3.05, 3.63) is 42.1 Å². The summed E-state index contributed by atoms with van der Waals surface area (Å²) in [5.41, 5.74) is 2.00. The number of rotatable bonds is 6. The molecule has 25 heavy (non-hydrogen) atoms. The molecule has 2 heterocycles. The molecule has 1 aromatic heterocycles. The van der Waals surface area contributed by atoms with E-state index in [1.54, 1.807) is 0 Å². The normalized spacial score (nSPS) is 20.6. The lowest BCUT2D eigenvalue weighted by Crippen LogP contribution is -2.41. The fourth-order valence-electron chi connectivity index (χ4n) is 3.52. The van der Waals surface area contributed by atoms with Crippen molar-refractivity contribution in [2.45, 2.75) is 39.2 Å². The standard InChI is InChI=1S/C20H27N3O2/c1-14(2)22-20(24)11-16-8-9-21-13-17(16)10-18-12-19(25-23-18)15-6-4-3-5-7-15/h3-7,12,14,16-17,21H,8-11,13H2,1-2H3,(H,22,24)/t16-,17-/m0/s1. The summed E-state index contributed by atoms with van der Waals surface area (Å²) < 4.78 is 5.51. The molecule has 3 rings (SSSR count). The number of amides is 1. The SMILES string of the molecule is CC(C)NC(=O)C[C@@H]1CCNC[C@@H]1Cc1cc(-c2ccccc2)on1. The van der Waals surface area contributed by atoms with Crippen LogP contribution in [0.15, 0.2) is 40.9 Å². The van der Waals surface area contributed by atoms with Gasteiger partial charge in [0.15, 0.2) is 5.76 Å². The molecule has 0 aliphatic carbocycles. The first-order chi connectivity index (χ1) is 12.1. The molecule has 1 saturated heterocycles. The van der Waals surface area contributed by atoms with Crippen LogP contribution in [0.2, 0.25) is 0 Å². The Balaban J connectivity index is 1.64. The smallest absolute Gasteiger partial charge is 0.220 e. The minimum absolute atomic E-state index is 0.150. The van der Waals surface area contributed by atoms with Crippen molar-refractivity contribution < 1.29 is 9.32 Å². The average molecular weight is 341 g/mol. The molecule has 2 aromatic rings. The Hall–Kier alpha value is -2.14. The summed E-state index contributed by atoms with van der Waals surface area (Å²) in [4.78, 5) is 12.1. The van der Waals surface area contributed by atoms with Crippen LogP contribution >= 0.6 is 0 Å².